The lowest BCUT2D eigenvalue weighted by molar-refractivity contribution is -0.140. The highest BCUT2D eigenvalue weighted by atomic mass is 16.4. The molecule has 1 saturated carbocycles. The van der Waals surface area contributed by atoms with Crippen LogP contribution in [0.15, 0.2) is 42.6 Å². The molecule has 4 N–H and O–H groups in total. The molecule has 0 radical (unpaired) electrons. The van der Waals surface area contributed by atoms with Crippen molar-refractivity contribution in [3.8, 4) is 11.3 Å². The largest absolute Gasteiger partial charge is 0.480 e. The zero-order chi connectivity index (χ0) is 26.5. The average molecular weight is 506 g/mol. The number of amides is 2. The van der Waals surface area contributed by atoms with E-state index in [2.05, 4.69) is 16.0 Å². The maximum absolute atomic E-state index is 13.0. The summed E-state index contributed by atoms with van der Waals surface area (Å²) in [5.41, 5.74) is 3.27. The molecule has 0 spiro atoms. The van der Waals surface area contributed by atoms with Crippen LogP contribution in [0.5, 0.6) is 0 Å². The van der Waals surface area contributed by atoms with Gasteiger partial charge in [0.2, 0.25) is 5.91 Å². The number of nitrogens with one attached hydrogen (secondary N) is 3. The first-order valence-corrected chi connectivity index (χ1v) is 13.0. The van der Waals surface area contributed by atoms with Gasteiger partial charge in [-0.05, 0) is 43.0 Å². The molecule has 2 unspecified atom stereocenters. The molecule has 1 fully saturated rings. The van der Waals surface area contributed by atoms with E-state index in [9.17, 15) is 19.5 Å². The molecule has 0 bridgehead atoms. The Hall–Kier alpha value is -3.88. The molecule has 2 heterocycles. The lowest BCUT2D eigenvalue weighted by Gasteiger charge is -2.24. The van der Waals surface area contributed by atoms with Crippen LogP contribution in [-0.4, -0.2) is 44.4 Å². The van der Waals surface area contributed by atoms with E-state index in [4.69, 9.17) is 4.98 Å². The van der Waals surface area contributed by atoms with E-state index in [1.54, 1.807) is 18.3 Å². The molecule has 9 nitrogen and oxygen atoms in total. The second-order valence-electron chi connectivity index (χ2n) is 9.87. The van der Waals surface area contributed by atoms with Crippen LogP contribution in [0.25, 0.3) is 16.9 Å². The highest BCUT2D eigenvalue weighted by Crippen LogP contribution is 2.32. The highest BCUT2D eigenvalue weighted by Gasteiger charge is 2.26. The number of pyridine rings is 1. The number of nitrogens with zero attached hydrogens (tertiary/aromatic N) is 2. The van der Waals surface area contributed by atoms with E-state index in [1.165, 1.54) is 26.2 Å². The van der Waals surface area contributed by atoms with Crippen molar-refractivity contribution in [2.45, 2.75) is 71.4 Å². The monoisotopic (exact) mass is 505 g/mol. The number of imidazole rings is 1. The number of hydrogen-bond acceptors (Lipinski definition) is 5. The molecule has 0 aliphatic heterocycles. The van der Waals surface area contributed by atoms with Crippen molar-refractivity contribution in [1.29, 1.82) is 0 Å². The Labute approximate surface area is 216 Å². The molecule has 1 aliphatic carbocycles. The van der Waals surface area contributed by atoms with Crippen LogP contribution in [0.3, 0.4) is 0 Å². The average Bonchev–Trinajstić information content (AvgIpc) is 3.24. The van der Waals surface area contributed by atoms with Crippen molar-refractivity contribution in [2.75, 3.05) is 10.6 Å². The van der Waals surface area contributed by atoms with Gasteiger partial charge in [0.1, 0.15) is 23.2 Å². The Morgan fingerprint density at radius 3 is 2.43 bits per heavy atom. The number of anilines is 2. The summed E-state index contributed by atoms with van der Waals surface area (Å²) in [6.45, 7) is 5.18. The topological polar surface area (TPSA) is 125 Å². The van der Waals surface area contributed by atoms with Crippen molar-refractivity contribution in [1.82, 2.24) is 14.7 Å². The van der Waals surface area contributed by atoms with E-state index in [0.717, 1.165) is 29.9 Å². The predicted octanol–water partition coefficient (Wildman–Crippen LogP) is 4.93. The summed E-state index contributed by atoms with van der Waals surface area (Å²) >= 11 is 0. The molecule has 4 rings (SSSR count). The number of carboxylic acid groups (broad SMARTS) is 1. The SMILES string of the molecule is CCC(C)C(NC(=O)c1ccn2c(NC3CCCCC3)c(-c3ccc(NC(C)=O)cc3)nc2c1)C(=O)O. The van der Waals surface area contributed by atoms with Crippen LogP contribution < -0.4 is 16.0 Å². The Morgan fingerprint density at radius 2 is 1.81 bits per heavy atom. The van der Waals surface area contributed by atoms with Gasteiger partial charge in [0.15, 0.2) is 0 Å². The lowest BCUT2D eigenvalue weighted by Crippen LogP contribution is -2.45. The second kappa shape index (κ2) is 11.5. The number of benzene rings is 1. The molecule has 1 aliphatic rings. The van der Waals surface area contributed by atoms with Crippen LogP contribution in [0, 0.1) is 5.92 Å². The van der Waals surface area contributed by atoms with Gasteiger partial charge in [-0.3, -0.25) is 14.0 Å². The highest BCUT2D eigenvalue weighted by molar-refractivity contribution is 5.97. The van der Waals surface area contributed by atoms with Gasteiger partial charge in [0, 0.05) is 36.0 Å². The van der Waals surface area contributed by atoms with Gasteiger partial charge < -0.3 is 21.1 Å². The van der Waals surface area contributed by atoms with Crippen LogP contribution in [0.1, 0.15) is 69.7 Å². The zero-order valence-electron chi connectivity index (χ0n) is 21.6. The summed E-state index contributed by atoms with van der Waals surface area (Å²) in [7, 11) is 0. The smallest absolute Gasteiger partial charge is 0.326 e. The first-order valence-electron chi connectivity index (χ1n) is 13.0. The molecular weight excluding hydrogens is 470 g/mol. The zero-order valence-corrected chi connectivity index (χ0v) is 21.6. The third kappa shape index (κ3) is 6.10. The molecule has 3 aromatic rings. The first kappa shape index (κ1) is 26.2. The van der Waals surface area contributed by atoms with Gasteiger partial charge in [-0.25, -0.2) is 9.78 Å². The van der Waals surface area contributed by atoms with E-state index >= 15 is 0 Å². The first-order chi connectivity index (χ1) is 17.8. The predicted molar refractivity (Wildman–Crippen MR) is 144 cm³/mol. The van der Waals surface area contributed by atoms with Crippen LogP contribution >= 0.6 is 0 Å². The fourth-order valence-corrected chi connectivity index (χ4v) is 4.79. The summed E-state index contributed by atoms with van der Waals surface area (Å²) in [4.78, 5) is 40.9. The number of rotatable bonds is 9. The number of carboxylic acids is 1. The van der Waals surface area contributed by atoms with Gasteiger partial charge in [0.25, 0.3) is 5.91 Å². The van der Waals surface area contributed by atoms with E-state index in [-0.39, 0.29) is 11.8 Å². The van der Waals surface area contributed by atoms with E-state index < -0.39 is 17.9 Å². The van der Waals surface area contributed by atoms with Gasteiger partial charge in [-0.1, -0.05) is 51.7 Å². The number of hydrogen-bond donors (Lipinski definition) is 4. The minimum Gasteiger partial charge on any atom is -0.480 e. The molecule has 37 heavy (non-hydrogen) atoms. The van der Waals surface area contributed by atoms with Crippen molar-refractivity contribution in [2.24, 2.45) is 5.92 Å². The van der Waals surface area contributed by atoms with Gasteiger partial charge in [-0.2, -0.15) is 0 Å². The molecule has 0 saturated heterocycles. The normalized spacial score (nSPS) is 15.6. The summed E-state index contributed by atoms with van der Waals surface area (Å²) in [5.74, 6) is -0.974. The Bertz CT molecular complexity index is 1280. The van der Waals surface area contributed by atoms with Crippen LogP contribution in [-0.2, 0) is 9.59 Å². The Kier molecular flexibility index (Phi) is 8.11. The van der Waals surface area contributed by atoms with Gasteiger partial charge in [0.05, 0.1) is 0 Å². The fraction of sp³-hybridized carbons (Fsp3) is 0.429. The second-order valence-corrected chi connectivity index (χ2v) is 9.87. The molecule has 1 aromatic carbocycles. The van der Waals surface area contributed by atoms with E-state index in [1.807, 2.05) is 42.5 Å². The summed E-state index contributed by atoms with van der Waals surface area (Å²) in [6, 6.07) is 10.2. The van der Waals surface area contributed by atoms with Crippen LogP contribution in [0.4, 0.5) is 11.5 Å². The number of fused-ring (bicyclic) bond motifs is 1. The van der Waals surface area contributed by atoms with Crippen molar-refractivity contribution < 1.29 is 19.5 Å². The quantitative estimate of drug-likeness (QED) is 0.327. The third-order valence-corrected chi connectivity index (χ3v) is 7.08. The number of aliphatic carboxylic acids is 1. The molecular formula is C28H35N5O4. The Balaban J connectivity index is 1.69. The third-order valence-electron chi connectivity index (χ3n) is 7.08. The summed E-state index contributed by atoms with van der Waals surface area (Å²) < 4.78 is 1.94. The maximum Gasteiger partial charge on any atom is 0.326 e. The summed E-state index contributed by atoms with van der Waals surface area (Å²) in [6.07, 6.45) is 8.21. The van der Waals surface area contributed by atoms with Gasteiger partial charge in [-0.15, -0.1) is 0 Å². The van der Waals surface area contributed by atoms with Crippen molar-refractivity contribution >= 4 is 34.9 Å². The fourth-order valence-electron chi connectivity index (χ4n) is 4.79. The number of aromatic nitrogens is 2. The minimum absolute atomic E-state index is 0.135. The van der Waals surface area contributed by atoms with Crippen molar-refractivity contribution in [3.63, 3.8) is 0 Å². The molecule has 2 aromatic heterocycles. The van der Waals surface area contributed by atoms with Gasteiger partial charge >= 0.3 is 5.97 Å². The standard InChI is InChI=1S/C28H35N5O4/c1-4-17(2)24(28(36)37)32-27(35)20-14-15-33-23(16-20)31-25(26(33)30-21-8-6-5-7-9-21)19-10-12-22(13-11-19)29-18(3)34/h10-17,21,24,30H,4-9H2,1-3H3,(H,29,34)(H,32,35)(H,36,37). The van der Waals surface area contributed by atoms with Crippen molar-refractivity contribution in [3.05, 3.63) is 48.2 Å². The number of carbonyl (C=O) groups is 3. The maximum atomic E-state index is 13.0. The number of carbonyl (C=O) groups excluding carboxylic acids is 2. The molecule has 2 amide bonds. The minimum atomic E-state index is -1.05. The molecule has 2 atom stereocenters. The van der Waals surface area contributed by atoms with Crippen LogP contribution in [0.2, 0.25) is 0 Å². The summed E-state index contributed by atoms with van der Waals surface area (Å²) in [5, 5.41) is 18.7. The molecule has 9 heteroatoms. The van der Waals surface area contributed by atoms with E-state index in [0.29, 0.717) is 29.4 Å². The Morgan fingerprint density at radius 1 is 1.11 bits per heavy atom. The molecule has 196 valence electrons. The lowest BCUT2D eigenvalue weighted by atomic mass is 9.95.